The summed E-state index contributed by atoms with van der Waals surface area (Å²) in [6, 6.07) is 17.6. The number of para-hydroxylation sites is 1. The second kappa shape index (κ2) is 13.3. The quantitative estimate of drug-likeness (QED) is 0.308. The maximum Gasteiger partial charge on any atom is 0.264 e. The molecule has 0 unspecified atom stereocenters. The third-order valence-corrected chi connectivity index (χ3v) is 8.86. The van der Waals surface area contributed by atoms with Crippen LogP contribution in [-0.4, -0.2) is 44.3 Å². The maximum absolute atomic E-state index is 14.0. The first-order valence-corrected chi connectivity index (χ1v) is 14.8. The number of carbonyl (C=O) groups excluding carboxylic acids is 2. The zero-order chi connectivity index (χ0) is 28.7. The molecule has 0 bridgehead atoms. The topological polar surface area (TPSA) is 86.8 Å². The highest BCUT2D eigenvalue weighted by Gasteiger charge is 2.34. The number of rotatable bonds is 11. The van der Waals surface area contributed by atoms with Gasteiger partial charge < -0.3 is 10.2 Å². The Labute approximate surface area is 240 Å². The lowest BCUT2D eigenvalue weighted by atomic mass is 10.1. The Balaban J connectivity index is 2.08. The third kappa shape index (κ3) is 7.32. The van der Waals surface area contributed by atoms with Gasteiger partial charge in [-0.25, -0.2) is 8.42 Å². The van der Waals surface area contributed by atoms with Gasteiger partial charge in [0.05, 0.1) is 20.6 Å². The summed E-state index contributed by atoms with van der Waals surface area (Å²) < 4.78 is 28.9. The van der Waals surface area contributed by atoms with Crippen molar-refractivity contribution in [2.75, 3.05) is 17.4 Å². The highest BCUT2D eigenvalue weighted by Crippen LogP contribution is 2.28. The molecule has 0 spiro atoms. The van der Waals surface area contributed by atoms with E-state index in [1.54, 1.807) is 75.4 Å². The standard InChI is InChI=1S/C29H33Cl2N3O4S/c1-5-26(29(36)32-6-2)33(18-22-13-16-24(30)25(31)17-22)28(35)19-34(27-10-8-7-9-21(27)4)39(37,38)23-14-11-20(3)12-15-23/h7-17,26H,5-6,18-19H2,1-4H3,(H,32,36)/t26-/m0/s1. The molecule has 0 saturated heterocycles. The van der Waals surface area contributed by atoms with Crippen molar-refractivity contribution in [3.63, 3.8) is 0 Å². The summed E-state index contributed by atoms with van der Waals surface area (Å²) in [6.07, 6.45) is 0.327. The lowest BCUT2D eigenvalue weighted by Gasteiger charge is -2.33. The second-order valence-electron chi connectivity index (χ2n) is 9.20. The number of nitrogens with zero attached hydrogens (tertiary/aromatic N) is 2. The number of benzene rings is 3. The van der Waals surface area contributed by atoms with Gasteiger partial charge in [-0.3, -0.25) is 13.9 Å². The maximum atomic E-state index is 14.0. The van der Waals surface area contributed by atoms with Gasteiger partial charge in [0, 0.05) is 13.1 Å². The van der Waals surface area contributed by atoms with Crippen molar-refractivity contribution in [2.24, 2.45) is 0 Å². The van der Waals surface area contributed by atoms with Crippen LogP contribution in [0.4, 0.5) is 5.69 Å². The number of halogens is 2. The number of nitrogens with one attached hydrogen (secondary N) is 1. The van der Waals surface area contributed by atoms with Gasteiger partial charge in [-0.15, -0.1) is 0 Å². The molecule has 7 nitrogen and oxygen atoms in total. The van der Waals surface area contributed by atoms with E-state index in [-0.39, 0.29) is 17.3 Å². The summed E-state index contributed by atoms with van der Waals surface area (Å²) >= 11 is 12.3. The van der Waals surface area contributed by atoms with Crippen LogP contribution in [0.2, 0.25) is 10.0 Å². The van der Waals surface area contributed by atoms with Crippen LogP contribution in [0.3, 0.4) is 0 Å². The number of aryl methyl sites for hydroxylation is 2. The van der Waals surface area contributed by atoms with Crippen LogP contribution in [0.1, 0.15) is 37.0 Å². The van der Waals surface area contributed by atoms with Gasteiger partial charge in [-0.1, -0.05) is 72.1 Å². The SMILES string of the molecule is CCNC(=O)[C@H](CC)N(Cc1ccc(Cl)c(Cl)c1)C(=O)CN(c1ccccc1C)S(=O)(=O)c1ccc(C)cc1. The van der Waals surface area contributed by atoms with Gasteiger partial charge in [0.25, 0.3) is 10.0 Å². The molecule has 1 N–H and O–H groups in total. The summed E-state index contributed by atoms with van der Waals surface area (Å²) in [4.78, 5) is 28.5. The minimum absolute atomic E-state index is 0.0392. The van der Waals surface area contributed by atoms with Crippen LogP contribution < -0.4 is 9.62 Å². The average molecular weight is 591 g/mol. The number of hydrogen-bond donors (Lipinski definition) is 1. The summed E-state index contributed by atoms with van der Waals surface area (Å²) in [7, 11) is -4.12. The number of anilines is 1. The monoisotopic (exact) mass is 589 g/mol. The fourth-order valence-electron chi connectivity index (χ4n) is 4.24. The Morgan fingerprint density at radius 1 is 0.923 bits per heavy atom. The van der Waals surface area contributed by atoms with Crippen LogP contribution in [0.5, 0.6) is 0 Å². The van der Waals surface area contributed by atoms with Gasteiger partial charge in [-0.05, 0) is 68.7 Å². The first-order chi connectivity index (χ1) is 18.5. The van der Waals surface area contributed by atoms with E-state index in [1.807, 2.05) is 6.92 Å². The average Bonchev–Trinajstić information content (AvgIpc) is 2.90. The number of sulfonamides is 1. The first-order valence-electron chi connectivity index (χ1n) is 12.7. The van der Waals surface area contributed by atoms with E-state index in [9.17, 15) is 18.0 Å². The summed E-state index contributed by atoms with van der Waals surface area (Å²) in [5.74, 6) is -0.852. The third-order valence-electron chi connectivity index (χ3n) is 6.35. The molecule has 0 saturated carbocycles. The van der Waals surface area contributed by atoms with Crippen molar-refractivity contribution >= 4 is 50.7 Å². The van der Waals surface area contributed by atoms with Crippen LogP contribution in [0.25, 0.3) is 0 Å². The van der Waals surface area contributed by atoms with E-state index >= 15 is 0 Å². The Kier molecular flexibility index (Phi) is 10.4. The molecule has 0 fully saturated rings. The lowest BCUT2D eigenvalue weighted by Crippen LogP contribution is -2.52. The van der Waals surface area contributed by atoms with E-state index in [0.29, 0.717) is 39.8 Å². The molecule has 0 aliphatic rings. The van der Waals surface area contributed by atoms with Gasteiger partial charge in [0.2, 0.25) is 11.8 Å². The van der Waals surface area contributed by atoms with E-state index in [0.717, 1.165) is 9.87 Å². The van der Waals surface area contributed by atoms with Gasteiger partial charge >= 0.3 is 0 Å². The molecule has 0 aromatic heterocycles. The Morgan fingerprint density at radius 3 is 2.18 bits per heavy atom. The predicted octanol–water partition coefficient (Wildman–Crippen LogP) is 5.75. The Hall–Kier alpha value is -3.07. The zero-order valence-electron chi connectivity index (χ0n) is 22.4. The molecule has 39 heavy (non-hydrogen) atoms. The molecule has 3 aromatic rings. The second-order valence-corrected chi connectivity index (χ2v) is 11.9. The number of carbonyl (C=O) groups is 2. The molecule has 10 heteroatoms. The molecule has 0 heterocycles. The minimum atomic E-state index is -4.12. The minimum Gasteiger partial charge on any atom is -0.355 e. The lowest BCUT2D eigenvalue weighted by molar-refractivity contribution is -0.140. The predicted molar refractivity (Wildman–Crippen MR) is 157 cm³/mol. The smallest absolute Gasteiger partial charge is 0.264 e. The molecule has 1 atom stereocenters. The van der Waals surface area contributed by atoms with Gasteiger partial charge in [0.1, 0.15) is 12.6 Å². The van der Waals surface area contributed by atoms with Crippen LogP contribution in [0, 0.1) is 13.8 Å². The number of hydrogen-bond acceptors (Lipinski definition) is 4. The molecule has 0 radical (unpaired) electrons. The van der Waals surface area contributed by atoms with Crippen molar-refractivity contribution in [3.8, 4) is 0 Å². The normalized spacial score (nSPS) is 12.1. The van der Waals surface area contributed by atoms with Crippen LogP contribution in [0.15, 0.2) is 71.6 Å². The van der Waals surface area contributed by atoms with Crippen molar-refractivity contribution in [1.29, 1.82) is 0 Å². The van der Waals surface area contributed by atoms with Crippen LogP contribution in [-0.2, 0) is 26.2 Å². The van der Waals surface area contributed by atoms with Crippen LogP contribution >= 0.6 is 23.2 Å². The highest BCUT2D eigenvalue weighted by molar-refractivity contribution is 7.92. The molecule has 208 valence electrons. The molecule has 0 aliphatic heterocycles. The first kappa shape index (κ1) is 30.5. The Bertz CT molecular complexity index is 1430. The summed E-state index contributed by atoms with van der Waals surface area (Å²) in [6.45, 7) is 7.18. The zero-order valence-corrected chi connectivity index (χ0v) is 24.8. The largest absolute Gasteiger partial charge is 0.355 e. The highest BCUT2D eigenvalue weighted by atomic mass is 35.5. The number of amides is 2. The van der Waals surface area contributed by atoms with Crippen molar-refractivity contribution in [1.82, 2.24) is 10.2 Å². The summed E-state index contributed by atoms with van der Waals surface area (Å²) in [5, 5.41) is 3.46. The van der Waals surface area contributed by atoms with E-state index in [2.05, 4.69) is 5.32 Å². The molecular weight excluding hydrogens is 557 g/mol. The van der Waals surface area contributed by atoms with Gasteiger partial charge in [-0.2, -0.15) is 0 Å². The molecule has 3 aromatic carbocycles. The van der Waals surface area contributed by atoms with E-state index < -0.39 is 28.5 Å². The molecule has 0 aliphatic carbocycles. The number of likely N-dealkylation sites (N-methyl/N-ethyl adjacent to an activating group) is 1. The van der Waals surface area contributed by atoms with E-state index in [4.69, 9.17) is 23.2 Å². The molecule has 2 amide bonds. The molecule has 3 rings (SSSR count). The van der Waals surface area contributed by atoms with Gasteiger partial charge in [0.15, 0.2) is 0 Å². The fourth-order valence-corrected chi connectivity index (χ4v) is 6.04. The van der Waals surface area contributed by atoms with Crippen molar-refractivity contribution < 1.29 is 18.0 Å². The fraction of sp³-hybridized carbons (Fsp3) is 0.310. The Morgan fingerprint density at radius 2 is 1.59 bits per heavy atom. The molecular formula is C29H33Cl2N3O4S. The van der Waals surface area contributed by atoms with Crippen molar-refractivity contribution in [2.45, 2.75) is 51.6 Å². The van der Waals surface area contributed by atoms with Crippen molar-refractivity contribution in [3.05, 3.63) is 93.5 Å². The summed E-state index contributed by atoms with van der Waals surface area (Å²) in [5.41, 5.74) is 2.64. The van der Waals surface area contributed by atoms with E-state index in [1.165, 1.54) is 17.0 Å².